The monoisotopic (exact) mass is 282 g/mol. The summed E-state index contributed by atoms with van der Waals surface area (Å²) in [6, 6.07) is 15.3. The van der Waals surface area contributed by atoms with Crippen LogP contribution in [-0.2, 0) is 6.54 Å². The predicted molar refractivity (Wildman–Crippen MR) is 87.0 cm³/mol. The van der Waals surface area contributed by atoms with Crippen LogP contribution in [0.1, 0.15) is 18.9 Å². The van der Waals surface area contributed by atoms with Crippen LogP contribution >= 0.6 is 0 Å². The molecule has 110 valence electrons. The van der Waals surface area contributed by atoms with Gasteiger partial charge in [-0.05, 0) is 31.0 Å². The van der Waals surface area contributed by atoms with Gasteiger partial charge in [-0.3, -0.25) is 4.90 Å². The Morgan fingerprint density at radius 3 is 2.81 bits per heavy atom. The van der Waals surface area contributed by atoms with Crippen molar-refractivity contribution in [3.05, 3.63) is 54.2 Å². The van der Waals surface area contributed by atoms with Gasteiger partial charge >= 0.3 is 0 Å². The second kappa shape index (κ2) is 6.14. The summed E-state index contributed by atoms with van der Waals surface area (Å²) < 4.78 is 0. The van der Waals surface area contributed by atoms with E-state index in [4.69, 9.17) is 5.73 Å². The summed E-state index contributed by atoms with van der Waals surface area (Å²) in [7, 11) is 0. The van der Waals surface area contributed by atoms with E-state index in [2.05, 4.69) is 52.5 Å². The Morgan fingerprint density at radius 1 is 1.24 bits per heavy atom. The highest BCUT2D eigenvalue weighted by Crippen LogP contribution is 2.24. The number of hydrogen-bond donors (Lipinski definition) is 2. The highest BCUT2D eigenvalue weighted by Gasteiger charge is 2.29. The van der Waals surface area contributed by atoms with Crippen molar-refractivity contribution in [1.82, 2.24) is 9.88 Å². The Balaban J connectivity index is 1.62. The van der Waals surface area contributed by atoms with Gasteiger partial charge in [-0.25, -0.2) is 4.98 Å². The molecular weight excluding hydrogens is 260 g/mol. The molecule has 21 heavy (non-hydrogen) atoms. The average Bonchev–Trinajstić information content (AvgIpc) is 2.82. The van der Waals surface area contributed by atoms with E-state index in [1.54, 1.807) is 6.20 Å². The Kier molecular flexibility index (Phi) is 4.06. The first-order chi connectivity index (χ1) is 10.2. The SMILES string of the molecule is CC1CC(Nc2ncccc2N)CN1Cc1ccccc1. The Bertz CT molecular complexity index is 584. The summed E-state index contributed by atoms with van der Waals surface area (Å²) >= 11 is 0. The lowest BCUT2D eigenvalue weighted by Gasteiger charge is -2.21. The zero-order valence-electron chi connectivity index (χ0n) is 12.4. The number of likely N-dealkylation sites (tertiary alicyclic amines) is 1. The molecule has 1 aromatic heterocycles. The van der Waals surface area contributed by atoms with Gasteiger partial charge in [-0.1, -0.05) is 30.3 Å². The number of pyridine rings is 1. The number of nitrogen functional groups attached to an aromatic ring is 1. The molecule has 1 saturated heterocycles. The van der Waals surface area contributed by atoms with Crippen LogP contribution in [0.15, 0.2) is 48.7 Å². The third-order valence-electron chi connectivity index (χ3n) is 4.11. The first-order valence-electron chi connectivity index (χ1n) is 7.47. The topological polar surface area (TPSA) is 54.2 Å². The van der Waals surface area contributed by atoms with Crippen LogP contribution in [0.25, 0.3) is 0 Å². The molecule has 1 fully saturated rings. The molecule has 4 nitrogen and oxygen atoms in total. The molecule has 0 bridgehead atoms. The Labute approximate surface area is 126 Å². The van der Waals surface area contributed by atoms with E-state index in [1.165, 1.54) is 5.56 Å². The van der Waals surface area contributed by atoms with Gasteiger partial charge in [0.15, 0.2) is 0 Å². The van der Waals surface area contributed by atoms with E-state index in [1.807, 2.05) is 12.1 Å². The van der Waals surface area contributed by atoms with E-state index >= 15 is 0 Å². The van der Waals surface area contributed by atoms with E-state index in [0.717, 1.165) is 25.3 Å². The van der Waals surface area contributed by atoms with Crippen LogP contribution in [-0.4, -0.2) is 28.5 Å². The minimum atomic E-state index is 0.404. The quantitative estimate of drug-likeness (QED) is 0.905. The number of anilines is 2. The van der Waals surface area contributed by atoms with E-state index in [0.29, 0.717) is 17.8 Å². The molecule has 0 amide bonds. The molecule has 1 aromatic carbocycles. The largest absolute Gasteiger partial charge is 0.396 e. The van der Waals surface area contributed by atoms with Crippen molar-refractivity contribution in [2.75, 3.05) is 17.6 Å². The van der Waals surface area contributed by atoms with Crippen LogP contribution in [0.5, 0.6) is 0 Å². The maximum Gasteiger partial charge on any atom is 0.149 e. The summed E-state index contributed by atoms with van der Waals surface area (Å²) in [5.41, 5.74) is 8.03. The smallest absolute Gasteiger partial charge is 0.149 e. The van der Waals surface area contributed by atoms with Crippen molar-refractivity contribution in [3.8, 4) is 0 Å². The number of aromatic nitrogens is 1. The minimum absolute atomic E-state index is 0.404. The fraction of sp³-hybridized carbons (Fsp3) is 0.353. The third kappa shape index (κ3) is 3.34. The average molecular weight is 282 g/mol. The van der Waals surface area contributed by atoms with E-state index in [9.17, 15) is 0 Å². The molecule has 2 aromatic rings. The van der Waals surface area contributed by atoms with Gasteiger partial charge < -0.3 is 11.1 Å². The number of nitrogens with zero attached hydrogens (tertiary/aromatic N) is 2. The first kappa shape index (κ1) is 13.9. The molecule has 2 unspecified atom stereocenters. The highest BCUT2D eigenvalue weighted by molar-refractivity contribution is 5.60. The molecule has 2 heterocycles. The lowest BCUT2D eigenvalue weighted by Crippen LogP contribution is -2.28. The molecule has 3 rings (SSSR count). The summed E-state index contributed by atoms with van der Waals surface area (Å²) in [5.74, 6) is 0.802. The first-order valence-corrected chi connectivity index (χ1v) is 7.47. The van der Waals surface area contributed by atoms with Gasteiger partial charge in [-0.2, -0.15) is 0 Å². The van der Waals surface area contributed by atoms with Crippen LogP contribution in [0, 0.1) is 0 Å². The number of hydrogen-bond acceptors (Lipinski definition) is 4. The fourth-order valence-corrected chi connectivity index (χ4v) is 2.97. The Hall–Kier alpha value is -2.07. The van der Waals surface area contributed by atoms with E-state index in [-0.39, 0.29) is 0 Å². The number of nitrogens with two attached hydrogens (primary N) is 1. The number of rotatable bonds is 4. The molecule has 0 aliphatic carbocycles. The lowest BCUT2D eigenvalue weighted by atomic mass is 10.2. The normalized spacial score (nSPS) is 22.3. The van der Waals surface area contributed by atoms with Crippen molar-refractivity contribution < 1.29 is 0 Å². The molecular formula is C17H22N4. The second-order valence-electron chi connectivity index (χ2n) is 5.78. The molecule has 2 atom stereocenters. The molecule has 3 N–H and O–H groups in total. The molecule has 1 aliphatic rings. The number of nitrogens with one attached hydrogen (secondary N) is 1. The summed E-state index contributed by atoms with van der Waals surface area (Å²) in [5, 5.41) is 3.48. The maximum atomic E-state index is 5.95. The summed E-state index contributed by atoms with van der Waals surface area (Å²) in [6.45, 7) is 4.30. The number of benzene rings is 1. The van der Waals surface area contributed by atoms with Crippen molar-refractivity contribution in [3.63, 3.8) is 0 Å². The van der Waals surface area contributed by atoms with Crippen LogP contribution < -0.4 is 11.1 Å². The molecule has 4 heteroatoms. The summed E-state index contributed by atoms with van der Waals surface area (Å²) in [6.07, 6.45) is 2.89. The predicted octanol–water partition coefficient (Wildman–Crippen LogP) is 2.74. The van der Waals surface area contributed by atoms with Crippen LogP contribution in [0.3, 0.4) is 0 Å². The molecule has 0 radical (unpaired) electrons. The lowest BCUT2D eigenvalue weighted by molar-refractivity contribution is 0.259. The molecule has 0 saturated carbocycles. The molecule has 0 spiro atoms. The maximum absolute atomic E-state index is 5.95. The highest BCUT2D eigenvalue weighted by atomic mass is 15.2. The van der Waals surface area contributed by atoms with Gasteiger partial charge in [0.1, 0.15) is 5.82 Å². The van der Waals surface area contributed by atoms with Crippen molar-refractivity contribution in [2.45, 2.75) is 32.0 Å². The zero-order valence-corrected chi connectivity index (χ0v) is 12.4. The second-order valence-corrected chi connectivity index (χ2v) is 5.78. The van der Waals surface area contributed by atoms with Gasteiger partial charge in [0.25, 0.3) is 0 Å². The third-order valence-corrected chi connectivity index (χ3v) is 4.11. The summed E-state index contributed by atoms with van der Waals surface area (Å²) in [4.78, 5) is 6.83. The van der Waals surface area contributed by atoms with Gasteiger partial charge in [0.05, 0.1) is 5.69 Å². The zero-order chi connectivity index (χ0) is 14.7. The molecule has 1 aliphatic heterocycles. The minimum Gasteiger partial charge on any atom is -0.396 e. The van der Waals surface area contributed by atoms with Crippen molar-refractivity contribution >= 4 is 11.5 Å². The van der Waals surface area contributed by atoms with Gasteiger partial charge in [0, 0.05) is 31.4 Å². The van der Waals surface area contributed by atoms with Crippen LogP contribution in [0.4, 0.5) is 11.5 Å². The van der Waals surface area contributed by atoms with Gasteiger partial charge in [-0.15, -0.1) is 0 Å². The standard InChI is InChI=1S/C17H22N4/c1-13-10-15(20-17-16(18)8-5-9-19-17)12-21(13)11-14-6-3-2-4-7-14/h2-9,13,15H,10-12,18H2,1H3,(H,19,20). The fourth-order valence-electron chi connectivity index (χ4n) is 2.97. The van der Waals surface area contributed by atoms with Crippen molar-refractivity contribution in [2.24, 2.45) is 0 Å². The van der Waals surface area contributed by atoms with E-state index < -0.39 is 0 Å². The van der Waals surface area contributed by atoms with Crippen molar-refractivity contribution in [1.29, 1.82) is 0 Å². The van der Waals surface area contributed by atoms with Gasteiger partial charge in [0.2, 0.25) is 0 Å². The Morgan fingerprint density at radius 2 is 2.05 bits per heavy atom. The van der Waals surface area contributed by atoms with Crippen LogP contribution in [0.2, 0.25) is 0 Å².